The third kappa shape index (κ3) is 8.64. The number of halogens is 1. The van der Waals surface area contributed by atoms with Crippen molar-refractivity contribution in [3.05, 3.63) is 134 Å². The normalized spacial score (nSPS) is 12.2. The number of rotatable bonds is 16. The number of aliphatic hydroxyl groups is 1. The van der Waals surface area contributed by atoms with Gasteiger partial charge in [0.25, 0.3) is 0 Å². The Balaban J connectivity index is 1.31. The van der Waals surface area contributed by atoms with Crippen molar-refractivity contribution in [3.63, 3.8) is 0 Å². The number of hydrogen-bond donors (Lipinski definition) is 3. The Bertz CT molecular complexity index is 1790. The highest BCUT2D eigenvalue weighted by Gasteiger charge is 2.26. The maximum absolute atomic E-state index is 14.4. The van der Waals surface area contributed by atoms with Gasteiger partial charge in [-0.15, -0.1) is 11.3 Å². The molecule has 5 rings (SSSR count). The monoisotopic (exact) mass is 686 g/mol. The van der Waals surface area contributed by atoms with Gasteiger partial charge in [-0.3, -0.25) is 14.4 Å². The molecular weight excluding hydrogens is 647 g/mol. The van der Waals surface area contributed by atoms with Crippen molar-refractivity contribution >= 4 is 52.4 Å². The zero-order valence-corrected chi connectivity index (χ0v) is 29.1. The molecule has 2 aromatic heterocycles. The van der Waals surface area contributed by atoms with Gasteiger partial charge in [0.15, 0.2) is 0 Å². The molecule has 244 valence electrons. The molecule has 7 nitrogen and oxygen atoms in total. The number of nitrogens with one attached hydrogen (secondary N) is 2. The summed E-state index contributed by atoms with van der Waals surface area (Å²) in [5, 5.41) is 18.4. The van der Waals surface area contributed by atoms with Gasteiger partial charge in [-0.1, -0.05) is 67.4 Å². The van der Waals surface area contributed by atoms with Gasteiger partial charge < -0.3 is 10.4 Å². The average Bonchev–Trinajstić information content (AvgIpc) is 3.47. The third-order valence-electron chi connectivity index (χ3n) is 8.40. The largest absolute Gasteiger partial charge is 0.396 e. The van der Waals surface area contributed by atoms with Crippen LogP contribution in [-0.2, 0) is 17.4 Å². The van der Waals surface area contributed by atoms with Gasteiger partial charge in [0.05, 0.1) is 10.4 Å². The minimum Gasteiger partial charge on any atom is -0.396 e. The number of ketones is 1. The molecule has 0 fully saturated rings. The van der Waals surface area contributed by atoms with Crippen molar-refractivity contribution in [3.8, 4) is 0 Å². The second-order valence-electron chi connectivity index (χ2n) is 11.5. The Morgan fingerprint density at radius 2 is 1.66 bits per heavy atom. The zero-order chi connectivity index (χ0) is 33.2. The molecule has 0 aliphatic heterocycles. The smallest absolute Gasteiger partial charge is 0.208 e. The predicted octanol–water partition coefficient (Wildman–Crippen LogP) is 7.20. The van der Waals surface area contributed by atoms with E-state index >= 15 is 0 Å². The number of nitrogens with zero attached hydrogens (tertiary/aromatic N) is 2. The molecule has 0 saturated heterocycles. The minimum absolute atomic E-state index is 0.130. The number of carbonyl (C=O) groups excluding carboxylic acids is 1. The van der Waals surface area contributed by atoms with Crippen LogP contribution in [0.2, 0.25) is 5.02 Å². The van der Waals surface area contributed by atoms with Crippen molar-refractivity contribution in [2.24, 2.45) is 5.92 Å². The Hall–Kier alpha value is -3.65. The first-order valence-corrected chi connectivity index (χ1v) is 18.7. The fourth-order valence-electron chi connectivity index (χ4n) is 5.56. The number of thiophene rings is 1. The van der Waals surface area contributed by atoms with Crippen LogP contribution in [0.25, 0.3) is 0 Å². The molecule has 0 radical (unpaired) electrons. The Morgan fingerprint density at radius 3 is 2.32 bits per heavy atom. The number of aliphatic hydroxyl groups excluding tert-OH is 1. The van der Waals surface area contributed by atoms with Crippen molar-refractivity contribution in [1.29, 1.82) is 0 Å². The summed E-state index contributed by atoms with van der Waals surface area (Å²) >= 11 is 7.94. The molecule has 1 unspecified atom stereocenters. The molecule has 3 aromatic carbocycles. The molecule has 47 heavy (non-hydrogen) atoms. The highest BCUT2D eigenvalue weighted by molar-refractivity contribution is 7.76. The van der Waals surface area contributed by atoms with Crippen LogP contribution in [0.3, 0.4) is 0 Å². The molecule has 0 aliphatic carbocycles. The maximum atomic E-state index is 14.4. The summed E-state index contributed by atoms with van der Waals surface area (Å²) in [6, 6.07) is 27.0. The van der Waals surface area contributed by atoms with Crippen LogP contribution in [0.1, 0.15) is 56.6 Å². The van der Waals surface area contributed by atoms with Crippen LogP contribution < -0.4 is 21.0 Å². The van der Waals surface area contributed by atoms with Gasteiger partial charge in [-0.05, 0) is 91.3 Å². The van der Waals surface area contributed by atoms with Crippen molar-refractivity contribution in [2.45, 2.75) is 39.5 Å². The highest BCUT2D eigenvalue weighted by Crippen LogP contribution is 2.38. The molecule has 0 saturated carbocycles. The number of benzene rings is 3. The van der Waals surface area contributed by atoms with Crippen molar-refractivity contribution in [1.82, 2.24) is 15.1 Å². The molecule has 10 heteroatoms. The maximum Gasteiger partial charge on any atom is 0.208 e. The molecule has 1 atom stereocenters. The minimum atomic E-state index is -3.06. The summed E-state index contributed by atoms with van der Waals surface area (Å²) in [5.74, 6) is 0.573. The lowest BCUT2D eigenvalue weighted by Crippen LogP contribution is -2.29. The number of aryl methyl sites for hydroxylation is 1. The first-order chi connectivity index (χ1) is 22.8. The van der Waals surface area contributed by atoms with Crippen molar-refractivity contribution in [2.75, 3.05) is 25.0 Å². The molecule has 0 aliphatic rings. The summed E-state index contributed by atoms with van der Waals surface area (Å²) < 4.78 is 14.4. The molecule has 0 bridgehead atoms. The highest BCUT2D eigenvalue weighted by atomic mass is 35.5. The van der Waals surface area contributed by atoms with Gasteiger partial charge in [-0.2, -0.15) is 0 Å². The number of carbonyl (C=O) groups is 1. The van der Waals surface area contributed by atoms with E-state index in [2.05, 4.69) is 27.3 Å². The predicted molar refractivity (Wildman–Crippen MR) is 194 cm³/mol. The van der Waals surface area contributed by atoms with Crippen LogP contribution in [0.15, 0.2) is 97.5 Å². The molecule has 0 spiro atoms. The van der Waals surface area contributed by atoms with Gasteiger partial charge >= 0.3 is 0 Å². The number of aromatic nitrogens is 2. The second kappa shape index (κ2) is 16.4. The van der Waals surface area contributed by atoms with E-state index in [0.717, 1.165) is 45.0 Å². The topological polar surface area (TPSA) is 104 Å². The van der Waals surface area contributed by atoms with E-state index in [4.69, 9.17) is 11.6 Å². The fourth-order valence-corrected chi connectivity index (χ4v) is 9.02. The third-order valence-corrected chi connectivity index (χ3v) is 12.4. The van der Waals surface area contributed by atoms with E-state index in [1.165, 1.54) is 17.7 Å². The van der Waals surface area contributed by atoms with Crippen LogP contribution in [0, 0.1) is 12.8 Å². The lowest BCUT2D eigenvalue weighted by Gasteiger charge is -2.21. The quantitative estimate of drug-likeness (QED) is 0.0745. The second-order valence-corrected chi connectivity index (χ2v) is 15.8. The van der Waals surface area contributed by atoms with Gasteiger partial charge in [0.1, 0.15) is 12.1 Å². The Labute approximate surface area is 285 Å². The number of hydrogen-bond acceptors (Lipinski definition) is 7. The summed E-state index contributed by atoms with van der Waals surface area (Å²) in [6.45, 7) is 5.32. The Kier molecular flexibility index (Phi) is 12.1. The Morgan fingerprint density at radius 1 is 0.957 bits per heavy atom. The standard InChI is InChI=1S/C37H40ClN4O3PS/c1-3-27(24-43)16-18-40-37-34(23-39-25-41-37)36(44)35-22-29(26(2)47-35)20-30-21-31(38)15-14-28(30)17-19-42-46(45,32-10-6-4-7-11-32)33-12-8-5-9-13-33/h4-15,21-23,25,27,43H,3,16-20,24H2,1-2H3,(H,42,45)(H,39,40,41). The van der Waals surface area contributed by atoms with E-state index in [-0.39, 0.29) is 18.3 Å². The van der Waals surface area contributed by atoms with Gasteiger partial charge in [0, 0.05) is 46.4 Å². The summed E-state index contributed by atoms with van der Waals surface area (Å²) in [7, 11) is -3.06. The molecule has 3 N–H and O–H groups in total. The average molecular weight is 687 g/mol. The summed E-state index contributed by atoms with van der Waals surface area (Å²) in [6.07, 6.45) is 5.91. The van der Waals surface area contributed by atoms with E-state index in [9.17, 15) is 14.5 Å². The van der Waals surface area contributed by atoms with Crippen LogP contribution in [0.5, 0.6) is 0 Å². The van der Waals surface area contributed by atoms with E-state index < -0.39 is 7.29 Å². The van der Waals surface area contributed by atoms with Crippen LogP contribution >= 0.6 is 30.2 Å². The lowest BCUT2D eigenvalue weighted by molar-refractivity contribution is 0.104. The van der Waals surface area contributed by atoms with Gasteiger partial charge in [0.2, 0.25) is 13.1 Å². The van der Waals surface area contributed by atoms with E-state index in [1.54, 1.807) is 6.20 Å². The summed E-state index contributed by atoms with van der Waals surface area (Å²) in [4.78, 5) is 23.8. The van der Waals surface area contributed by atoms with E-state index in [0.29, 0.717) is 47.2 Å². The fraction of sp³-hybridized carbons (Fsp3) is 0.270. The molecule has 2 heterocycles. The number of anilines is 1. The molecule has 5 aromatic rings. The van der Waals surface area contributed by atoms with Crippen LogP contribution in [0.4, 0.5) is 5.82 Å². The summed E-state index contributed by atoms with van der Waals surface area (Å²) in [5.41, 5.74) is 3.64. The molecular formula is C37H40ClN4O3PS. The van der Waals surface area contributed by atoms with Crippen LogP contribution in [-0.4, -0.2) is 40.6 Å². The first-order valence-electron chi connectivity index (χ1n) is 15.8. The lowest BCUT2D eigenvalue weighted by atomic mass is 9.97. The van der Waals surface area contributed by atoms with Crippen molar-refractivity contribution < 1.29 is 14.5 Å². The zero-order valence-electron chi connectivity index (χ0n) is 26.7. The van der Waals surface area contributed by atoms with Gasteiger partial charge in [-0.25, -0.2) is 9.97 Å². The first kappa shape index (κ1) is 34.7. The molecule has 0 amide bonds. The SMILES string of the molecule is CCC(CO)CCNc1ncncc1C(=O)c1cc(Cc2cc(Cl)ccc2CCNP(=O)(c2ccccc2)c2ccccc2)c(C)s1. The van der Waals surface area contributed by atoms with E-state index in [1.807, 2.05) is 91.9 Å².